The molecule has 2 aromatic carbocycles. The van der Waals surface area contributed by atoms with E-state index in [9.17, 15) is 5.11 Å². The van der Waals surface area contributed by atoms with Crippen molar-refractivity contribution >= 4 is 16.7 Å². The third kappa shape index (κ3) is 2.40. The molecule has 106 valence electrons. The van der Waals surface area contributed by atoms with E-state index in [1.807, 2.05) is 43.4 Å². The highest BCUT2D eigenvalue weighted by Gasteiger charge is 2.13. The number of phenols is 1. The third-order valence-electron chi connectivity index (χ3n) is 3.56. The van der Waals surface area contributed by atoms with Crippen molar-refractivity contribution in [3.63, 3.8) is 0 Å². The molecule has 0 aliphatic heterocycles. The molecule has 3 aromatic rings. The Hall–Kier alpha value is -2.62. The smallest absolute Gasteiger partial charge is 0.165 e. The van der Waals surface area contributed by atoms with Crippen molar-refractivity contribution in [1.29, 1.82) is 0 Å². The number of nitrogens with zero attached hydrogens (tertiary/aromatic N) is 3. The van der Waals surface area contributed by atoms with E-state index in [1.165, 1.54) is 0 Å². The Labute approximate surface area is 123 Å². The quantitative estimate of drug-likeness (QED) is 0.797. The van der Waals surface area contributed by atoms with Crippen LogP contribution in [0.1, 0.15) is 6.92 Å². The highest BCUT2D eigenvalue weighted by Crippen LogP contribution is 2.30. The van der Waals surface area contributed by atoms with Crippen LogP contribution in [0.5, 0.6) is 5.75 Å². The molecular formula is C17H17N3O. The summed E-state index contributed by atoms with van der Waals surface area (Å²) in [7, 11) is 2.00. The fraction of sp³-hybridized carbons (Fsp3) is 0.176. The maximum Gasteiger partial charge on any atom is 0.165 e. The Kier molecular flexibility index (Phi) is 3.44. The number of fused-ring (bicyclic) bond motifs is 1. The summed E-state index contributed by atoms with van der Waals surface area (Å²) in [5.41, 5.74) is 1.52. The molecule has 21 heavy (non-hydrogen) atoms. The van der Waals surface area contributed by atoms with E-state index in [0.29, 0.717) is 11.4 Å². The van der Waals surface area contributed by atoms with Gasteiger partial charge in [-0.15, -0.1) is 0 Å². The van der Waals surface area contributed by atoms with Crippen LogP contribution in [0.2, 0.25) is 0 Å². The molecule has 1 N–H and O–H groups in total. The summed E-state index contributed by atoms with van der Waals surface area (Å²) in [6, 6.07) is 15.1. The normalized spacial score (nSPS) is 10.8. The van der Waals surface area contributed by atoms with Crippen molar-refractivity contribution in [3.8, 4) is 17.1 Å². The Bertz CT molecular complexity index is 786. The number of hydrogen-bond acceptors (Lipinski definition) is 4. The number of hydrogen-bond donors (Lipinski definition) is 1. The van der Waals surface area contributed by atoms with E-state index < -0.39 is 0 Å². The van der Waals surface area contributed by atoms with Crippen molar-refractivity contribution in [3.05, 3.63) is 48.5 Å². The van der Waals surface area contributed by atoms with E-state index in [1.54, 1.807) is 12.1 Å². The summed E-state index contributed by atoms with van der Waals surface area (Å²) in [5, 5.41) is 11.0. The van der Waals surface area contributed by atoms with Gasteiger partial charge in [0.25, 0.3) is 0 Å². The number of rotatable bonds is 3. The maximum atomic E-state index is 10.0. The van der Waals surface area contributed by atoms with Crippen LogP contribution >= 0.6 is 0 Å². The average Bonchev–Trinajstić information content (AvgIpc) is 2.53. The van der Waals surface area contributed by atoms with Crippen LogP contribution in [0, 0.1) is 0 Å². The van der Waals surface area contributed by atoms with Crippen LogP contribution in [-0.4, -0.2) is 28.7 Å². The van der Waals surface area contributed by atoms with E-state index >= 15 is 0 Å². The number of aromatic hydroxyl groups is 1. The Balaban J connectivity index is 2.28. The predicted molar refractivity (Wildman–Crippen MR) is 85.6 cm³/mol. The van der Waals surface area contributed by atoms with Crippen LogP contribution < -0.4 is 4.90 Å². The Morgan fingerprint density at radius 3 is 2.48 bits per heavy atom. The van der Waals surface area contributed by atoms with Crippen LogP contribution in [0.15, 0.2) is 48.5 Å². The standard InChI is InChI=1S/C17H17N3O/c1-3-20(2)17-12-8-4-6-10-14(12)18-16(19-17)13-9-5-7-11-15(13)21/h4-11,21H,3H2,1-2H3. The van der Waals surface area contributed by atoms with Crippen LogP contribution in [0.25, 0.3) is 22.3 Å². The largest absolute Gasteiger partial charge is 0.507 e. The molecule has 3 rings (SSSR count). The molecule has 0 spiro atoms. The maximum absolute atomic E-state index is 10.0. The summed E-state index contributed by atoms with van der Waals surface area (Å²) in [4.78, 5) is 11.3. The number of para-hydroxylation sites is 2. The van der Waals surface area contributed by atoms with Gasteiger partial charge in [-0.05, 0) is 31.2 Å². The molecule has 1 heterocycles. The molecule has 0 aliphatic carbocycles. The molecule has 0 fully saturated rings. The van der Waals surface area contributed by atoms with Gasteiger partial charge in [0.1, 0.15) is 11.6 Å². The molecule has 0 amide bonds. The van der Waals surface area contributed by atoms with Gasteiger partial charge < -0.3 is 10.0 Å². The second-order valence-electron chi connectivity index (χ2n) is 4.92. The first-order valence-electron chi connectivity index (χ1n) is 6.97. The topological polar surface area (TPSA) is 49.2 Å². The van der Waals surface area contributed by atoms with Gasteiger partial charge in [-0.1, -0.05) is 24.3 Å². The van der Waals surface area contributed by atoms with Gasteiger partial charge in [0.15, 0.2) is 5.82 Å². The van der Waals surface area contributed by atoms with Crippen molar-refractivity contribution in [2.75, 3.05) is 18.5 Å². The first kappa shape index (κ1) is 13.4. The Morgan fingerprint density at radius 1 is 1.00 bits per heavy atom. The van der Waals surface area contributed by atoms with Crippen molar-refractivity contribution in [2.24, 2.45) is 0 Å². The molecule has 0 unspecified atom stereocenters. The molecule has 0 radical (unpaired) electrons. The molecule has 0 aliphatic rings. The van der Waals surface area contributed by atoms with E-state index in [2.05, 4.69) is 21.8 Å². The molecule has 4 nitrogen and oxygen atoms in total. The fourth-order valence-corrected chi connectivity index (χ4v) is 2.28. The number of anilines is 1. The Morgan fingerprint density at radius 2 is 1.71 bits per heavy atom. The van der Waals surface area contributed by atoms with Gasteiger partial charge in [-0.2, -0.15) is 0 Å². The van der Waals surface area contributed by atoms with Gasteiger partial charge in [0.2, 0.25) is 0 Å². The van der Waals surface area contributed by atoms with Crippen LogP contribution in [0.3, 0.4) is 0 Å². The van der Waals surface area contributed by atoms with E-state index in [0.717, 1.165) is 23.3 Å². The lowest BCUT2D eigenvalue weighted by molar-refractivity contribution is 0.477. The molecule has 4 heteroatoms. The third-order valence-corrected chi connectivity index (χ3v) is 3.56. The summed E-state index contributed by atoms with van der Waals surface area (Å²) in [5.74, 6) is 1.61. The average molecular weight is 279 g/mol. The van der Waals surface area contributed by atoms with Gasteiger partial charge in [0.05, 0.1) is 11.1 Å². The molecular weight excluding hydrogens is 262 g/mol. The lowest BCUT2D eigenvalue weighted by Crippen LogP contribution is -2.18. The first-order valence-corrected chi connectivity index (χ1v) is 6.97. The van der Waals surface area contributed by atoms with Gasteiger partial charge in [-0.25, -0.2) is 9.97 Å². The van der Waals surface area contributed by atoms with Crippen LogP contribution in [-0.2, 0) is 0 Å². The lowest BCUT2D eigenvalue weighted by Gasteiger charge is -2.18. The molecule has 1 aromatic heterocycles. The summed E-state index contributed by atoms with van der Waals surface area (Å²) in [6.07, 6.45) is 0. The highest BCUT2D eigenvalue weighted by molar-refractivity contribution is 5.91. The van der Waals surface area contributed by atoms with Gasteiger partial charge in [0, 0.05) is 19.0 Å². The molecule has 0 bridgehead atoms. The van der Waals surface area contributed by atoms with Crippen molar-refractivity contribution in [1.82, 2.24) is 9.97 Å². The minimum atomic E-state index is 0.192. The van der Waals surface area contributed by atoms with Crippen LogP contribution in [0.4, 0.5) is 5.82 Å². The molecule has 0 saturated carbocycles. The van der Waals surface area contributed by atoms with Crippen molar-refractivity contribution in [2.45, 2.75) is 6.92 Å². The molecule has 0 atom stereocenters. The van der Waals surface area contributed by atoms with Crippen molar-refractivity contribution < 1.29 is 5.11 Å². The second-order valence-corrected chi connectivity index (χ2v) is 4.92. The fourth-order valence-electron chi connectivity index (χ4n) is 2.28. The lowest BCUT2D eigenvalue weighted by atomic mass is 10.1. The summed E-state index contributed by atoms with van der Waals surface area (Å²) in [6.45, 7) is 2.93. The number of aromatic nitrogens is 2. The number of phenolic OH excluding ortho intramolecular Hbond substituents is 1. The zero-order valence-electron chi connectivity index (χ0n) is 12.1. The molecule has 0 saturated heterocycles. The zero-order chi connectivity index (χ0) is 14.8. The first-order chi connectivity index (χ1) is 10.2. The highest BCUT2D eigenvalue weighted by atomic mass is 16.3. The minimum Gasteiger partial charge on any atom is -0.507 e. The SMILES string of the molecule is CCN(C)c1nc(-c2ccccc2O)nc2ccccc12. The second kappa shape index (κ2) is 5.40. The minimum absolute atomic E-state index is 0.192. The van der Waals surface area contributed by atoms with Gasteiger partial charge >= 0.3 is 0 Å². The summed E-state index contributed by atoms with van der Waals surface area (Å²) >= 11 is 0. The monoisotopic (exact) mass is 279 g/mol. The predicted octanol–water partition coefficient (Wildman–Crippen LogP) is 3.46. The van der Waals surface area contributed by atoms with E-state index in [4.69, 9.17) is 0 Å². The zero-order valence-corrected chi connectivity index (χ0v) is 12.1. The van der Waals surface area contributed by atoms with Gasteiger partial charge in [-0.3, -0.25) is 0 Å². The van der Waals surface area contributed by atoms with E-state index in [-0.39, 0.29) is 5.75 Å². The number of benzene rings is 2. The summed E-state index contributed by atoms with van der Waals surface area (Å²) < 4.78 is 0.